The maximum Gasteiger partial charge on any atom is 0.156 e. The van der Waals surface area contributed by atoms with Crippen molar-refractivity contribution in [3.63, 3.8) is 0 Å². The highest BCUT2D eigenvalue weighted by Crippen LogP contribution is 2.23. The SMILES string of the molecule is CC1O[C@@H]2COC[C@H]2O1. The van der Waals surface area contributed by atoms with Crippen LogP contribution in [-0.2, 0) is 14.2 Å². The van der Waals surface area contributed by atoms with E-state index in [2.05, 4.69) is 0 Å². The fourth-order valence-corrected chi connectivity index (χ4v) is 1.29. The van der Waals surface area contributed by atoms with Crippen molar-refractivity contribution in [2.24, 2.45) is 0 Å². The maximum absolute atomic E-state index is 5.34. The minimum absolute atomic E-state index is 0.0242. The lowest BCUT2D eigenvalue weighted by Crippen LogP contribution is -2.18. The third kappa shape index (κ3) is 0.852. The Kier molecular flexibility index (Phi) is 1.22. The third-order valence-electron chi connectivity index (χ3n) is 1.71. The van der Waals surface area contributed by atoms with Gasteiger partial charge in [-0.2, -0.15) is 0 Å². The Balaban J connectivity index is 2.02. The number of fused-ring (bicyclic) bond motifs is 1. The van der Waals surface area contributed by atoms with Gasteiger partial charge in [-0.25, -0.2) is 0 Å². The highest BCUT2D eigenvalue weighted by Gasteiger charge is 2.38. The van der Waals surface area contributed by atoms with Crippen LogP contribution in [0.2, 0.25) is 0 Å². The first-order chi connectivity index (χ1) is 4.36. The van der Waals surface area contributed by atoms with Gasteiger partial charge < -0.3 is 14.2 Å². The molecule has 0 spiro atoms. The van der Waals surface area contributed by atoms with Crippen LogP contribution in [0, 0.1) is 0 Å². The van der Waals surface area contributed by atoms with Gasteiger partial charge >= 0.3 is 0 Å². The Hall–Kier alpha value is -0.120. The molecule has 3 heteroatoms. The summed E-state index contributed by atoms with van der Waals surface area (Å²) in [5, 5.41) is 0. The molecule has 2 atom stereocenters. The van der Waals surface area contributed by atoms with Crippen molar-refractivity contribution in [3.05, 3.63) is 0 Å². The van der Waals surface area contributed by atoms with Crippen LogP contribution >= 0.6 is 0 Å². The second kappa shape index (κ2) is 1.94. The van der Waals surface area contributed by atoms with Gasteiger partial charge in [0.25, 0.3) is 0 Å². The summed E-state index contributed by atoms with van der Waals surface area (Å²) in [7, 11) is 0. The first-order valence-corrected chi connectivity index (χ1v) is 3.25. The van der Waals surface area contributed by atoms with Crippen LogP contribution in [-0.4, -0.2) is 31.7 Å². The van der Waals surface area contributed by atoms with Crippen molar-refractivity contribution in [1.29, 1.82) is 0 Å². The van der Waals surface area contributed by atoms with Gasteiger partial charge in [-0.05, 0) is 6.92 Å². The van der Waals surface area contributed by atoms with Crippen LogP contribution in [0.4, 0.5) is 0 Å². The molecule has 3 nitrogen and oxygen atoms in total. The van der Waals surface area contributed by atoms with Crippen molar-refractivity contribution < 1.29 is 14.2 Å². The number of ether oxygens (including phenoxy) is 3. The van der Waals surface area contributed by atoms with E-state index in [9.17, 15) is 0 Å². The van der Waals surface area contributed by atoms with Gasteiger partial charge in [-0.3, -0.25) is 0 Å². The summed E-state index contributed by atoms with van der Waals surface area (Å²) in [6.07, 6.45) is 0.392. The van der Waals surface area contributed by atoms with Crippen molar-refractivity contribution in [1.82, 2.24) is 0 Å². The van der Waals surface area contributed by atoms with Gasteiger partial charge in [0, 0.05) is 0 Å². The summed E-state index contributed by atoms with van der Waals surface area (Å²) in [5.41, 5.74) is 0. The fraction of sp³-hybridized carbons (Fsp3) is 1.00. The second-order valence-corrected chi connectivity index (χ2v) is 2.45. The normalized spacial score (nSPS) is 43.7. The van der Waals surface area contributed by atoms with Gasteiger partial charge in [0.15, 0.2) is 6.29 Å². The van der Waals surface area contributed by atoms with Gasteiger partial charge in [0.05, 0.1) is 13.2 Å². The molecule has 2 aliphatic rings. The highest BCUT2D eigenvalue weighted by molar-refractivity contribution is 4.80. The molecule has 0 N–H and O–H groups in total. The summed E-state index contributed by atoms with van der Waals surface area (Å²) < 4.78 is 15.8. The summed E-state index contributed by atoms with van der Waals surface area (Å²) in [6.45, 7) is 3.32. The van der Waals surface area contributed by atoms with Gasteiger partial charge in [0.1, 0.15) is 12.2 Å². The van der Waals surface area contributed by atoms with E-state index in [1.165, 1.54) is 0 Å². The van der Waals surface area contributed by atoms with E-state index in [-0.39, 0.29) is 18.5 Å². The molecule has 2 saturated heterocycles. The topological polar surface area (TPSA) is 27.7 Å². The highest BCUT2D eigenvalue weighted by atomic mass is 16.8. The molecule has 52 valence electrons. The fourth-order valence-electron chi connectivity index (χ4n) is 1.29. The lowest BCUT2D eigenvalue weighted by Gasteiger charge is -2.03. The van der Waals surface area contributed by atoms with Crippen LogP contribution in [0.25, 0.3) is 0 Å². The molecule has 9 heavy (non-hydrogen) atoms. The molecule has 0 aromatic carbocycles. The van der Waals surface area contributed by atoms with E-state index in [1.54, 1.807) is 0 Å². The average Bonchev–Trinajstić information content (AvgIpc) is 2.22. The second-order valence-electron chi connectivity index (χ2n) is 2.45. The molecule has 2 heterocycles. The standard InChI is InChI=1S/C6H10O3/c1-4-8-5-2-7-3-6(5)9-4/h4-6H,2-3H2,1H3/t5-,6-/m1/s1. The van der Waals surface area contributed by atoms with Crippen LogP contribution in [0.1, 0.15) is 6.92 Å². The van der Waals surface area contributed by atoms with Crippen molar-refractivity contribution in [2.75, 3.05) is 13.2 Å². The van der Waals surface area contributed by atoms with Crippen molar-refractivity contribution in [3.8, 4) is 0 Å². The number of hydrogen-bond donors (Lipinski definition) is 0. The quantitative estimate of drug-likeness (QED) is 0.467. The van der Waals surface area contributed by atoms with Crippen LogP contribution in [0.3, 0.4) is 0 Å². The minimum Gasteiger partial charge on any atom is -0.376 e. The van der Waals surface area contributed by atoms with Gasteiger partial charge in [-0.15, -0.1) is 0 Å². The minimum atomic E-state index is -0.0242. The zero-order valence-corrected chi connectivity index (χ0v) is 5.37. The lowest BCUT2D eigenvalue weighted by molar-refractivity contribution is -0.0809. The molecule has 0 aliphatic carbocycles. The zero-order valence-electron chi connectivity index (χ0n) is 5.37. The first kappa shape index (κ1) is 5.65. The molecular weight excluding hydrogens is 120 g/mol. The van der Waals surface area contributed by atoms with E-state index in [0.29, 0.717) is 13.2 Å². The lowest BCUT2D eigenvalue weighted by atomic mass is 10.3. The third-order valence-corrected chi connectivity index (χ3v) is 1.71. The predicted molar refractivity (Wildman–Crippen MR) is 30.0 cm³/mol. The number of hydrogen-bond acceptors (Lipinski definition) is 3. The van der Waals surface area contributed by atoms with E-state index < -0.39 is 0 Å². The Morgan fingerprint density at radius 2 is 1.67 bits per heavy atom. The molecule has 0 unspecified atom stereocenters. The summed E-state index contributed by atoms with van der Waals surface area (Å²) in [4.78, 5) is 0. The van der Waals surface area contributed by atoms with E-state index >= 15 is 0 Å². The summed E-state index contributed by atoms with van der Waals surface area (Å²) >= 11 is 0. The van der Waals surface area contributed by atoms with E-state index in [0.717, 1.165) is 0 Å². The summed E-state index contributed by atoms with van der Waals surface area (Å²) in [6, 6.07) is 0. The van der Waals surface area contributed by atoms with Gasteiger partial charge in [0.2, 0.25) is 0 Å². The van der Waals surface area contributed by atoms with Crippen molar-refractivity contribution in [2.45, 2.75) is 25.4 Å². The van der Waals surface area contributed by atoms with Gasteiger partial charge in [-0.1, -0.05) is 0 Å². The Morgan fingerprint density at radius 1 is 1.11 bits per heavy atom. The first-order valence-electron chi connectivity index (χ1n) is 3.25. The van der Waals surface area contributed by atoms with Crippen LogP contribution in [0.5, 0.6) is 0 Å². The number of rotatable bonds is 0. The molecule has 0 aromatic heterocycles. The molecule has 0 aromatic rings. The van der Waals surface area contributed by atoms with E-state index in [4.69, 9.17) is 14.2 Å². The summed E-state index contributed by atoms with van der Waals surface area (Å²) in [5.74, 6) is 0. The average molecular weight is 130 g/mol. The van der Waals surface area contributed by atoms with Crippen LogP contribution in [0.15, 0.2) is 0 Å². The molecule has 0 amide bonds. The molecule has 0 radical (unpaired) electrons. The Bertz CT molecular complexity index is 103. The molecule has 2 aliphatic heterocycles. The zero-order chi connectivity index (χ0) is 6.27. The van der Waals surface area contributed by atoms with Crippen LogP contribution < -0.4 is 0 Å². The molecule has 0 saturated carbocycles. The van der Waals surface area contributed by atoms with Crippen molar-refractivity contribution >= 4 is 0 Å². The Labute approximate surface area is 53.9 Å². The smallest absolute Gasteiger partial charge is 0.156 e. The molecule has 2 fully saturated rings. The molecule has 2 rings (SSSR count). The van der Waals surface area contributed by atoms with E-state index in [1.807, 2.05) is 6.92 Å². The molecular formula is C6H10O3. The Morgan fingerprint density at radius 3 is 2.22 bits per heavy atom. The maximum atomic E-state index is 5.34. The monoisotopic (exact) mass is 130 g/mol. The molecule has 0 bridgehead atoms. The largest absolute Gasteiger partial charge is 0.376 e. The predicted octanol–water partition coefficient (Wildman–Crippen LogP) is 0.147.